The maximum absolute atomic E-state index is 13.3. The monoisotopic (exact) mass is 361 g/mol. The van der Waals surface area contributed by atoms with E-state index in [9.17, 15) is 14.5 Å². The Morgan fingerprint density at radius 3 is 2.96 bits per heavy atom. The van der Waals surface area contributed by atoms with Crippen LogP contribution in [0.4, 0.5) is 21.6 Å². The number of nitrogens with one attached hydrogen (secondary N) is 1. The molecule has 2 heterocycles. The number of anilines is 2. The molecule has 1 aliphatic rings. The van der Waals surface area contributed by atoms with E-state index in [1.54, 1.807) is 18.2 Å². The molecule has 1 aliphatic heterocycles. The minimum absolute atomic E-state index is 0.0392. The Morgan fingerprint density at radius 1 is 1.48 bits per heavy atom. The first-order valence-corrected chi connectivity index (χ1v) is 7.87. The van der Waals surface area contributed by atoms with Crippen LogP contribution in [0.1, 0.15) is 12.0 Å². The van der Waals surface area contributed by atoms with Gasteiger partial charge in [-0.3, -0.25) is 10.1 Å². The number of nitrogens with zero attached hydrogens (tertiary/aromatic N) is 4. The molecule has 0 bridgehead atoms. The van der Waals surface area contributed by atoms with Gasteiger partial charge in [-0.05, 0) is 30.7 Å². The normalized spacial score (nSPS) is 16.5. The highest BCUT2D eigenvalue weighted by atomic mass is 35.5. The van der Waals surface area contributed by atoms with E-state index in [-0.39, 0.29) is 28.1 Å². The van der Waals surface area contributed by atoms with Crippen molar-refractivity contribution in [2.24, 2.45) is 0 Å². The van der Waals surface area contributed by atoms with Crippen molar-refractivity contribution in [3.63, 3.8) is 0 Å². The van der Waals surface area contributed by atoms with Crippen molar-refractivity contribution in [2.45, 2.75) is 12.5 Å². The van der Waals surface area contributed by atoms with Crippen molar-refractivity contribution >= 4 is 28.8 Å². The van der Waals surface area contributed by atoms with Gasteiger partial charge in [0.05, 0.1) is 9.95 Å². The van der Waals surface area contributed by atoms with Crippen molar-refractivity contribution in [3.8, 4) is 6.07 Å². The first-order valence-electron chi connectivity index (χ1n) is 7.49. The molecule has 0 radical (unpaired) electrons. The van der Waals surface area contributed by atoms with E-state index in [4.69, 9.17) is 16.9 Å². The predicted molar refractivity (Wildman–Crippen MR) is 91.3 cm³/mol. The van der Waals surface area contributed by atoms with Gasteiger partial charge in [-0.25, -0.2) is 9.37 Å². The Morgan fingerprint density at radius 2 is 2.28 bits per heavy atom. The Bertz CT molecular complexity index is 870. The summed E-state index contributed by atoms with van der Waals surface area (Å²) in [6, 6.07) is 7.52. The van der Waals surface area contributed by atoms with Gasteiger partial charge in [0.25, 0.3) is 0 Å². The van der Waals surface area contributed by atoms with Crippen LogP contribution < -0.4 is 10.2 Å². The van der Waals surface area contributed by atoms with Crippen LogP contribution in [0.3, 0.4) is 0 Å². The number of benzene rings is 1. The molecule has 1 aromatic carbocycles. The first-order chi connectivity index (χ1) is 12.0. The fraction of sp³-hybridized carbons (Fsp3) is 0.250. The van der Waals surface area contributed by atoms with Crippen molar-refractivity contribution in [1.82, 2.24) is 4.98 Å². The standard InChI is InChI=1S/C16H13ClFN5O2/c17-13-7-12(1-2-14(13)18)22-6-4-11(9-22)21-16-15(23(24)25)10(8-19)3-5-20-16/h1-3,5,7,11H,4,6,9H2,(H,20,21). The lowest BCUT2D eigenvalue weighted by molar-refractivity contribution is -0.384. The molecule has 1 saturated heterocycles. The first kappa shape index (κ1) is 16.9. The zero-order valence-corrected chi connectivity index (χ0v) is 13.7. The number of nitriles is 1. The number of halogens is 2. The lowest BCUT2D eigenvalue weighted by Crippen LogP contribution is -2.26. The molecule has 128 valence electrons. The van der Waals surface area contributed by atoms with Crippen LogP contribution in [0.15, 0.2) is 30.5 Å². The molecule has 0 amide bonds. The Balaban J connectivity index is 1.77. The molecule has 2 aromatic rings. The topological polar surface area (TPSA) is 95.1 Å². The molecule has 1 aromatic heterocycles. The molecule has 25 heavy (non-hydrogen) atoms. The summed E-state index contributed by atoms with van der Waals surface area (Å²) in [6.45, 7) is 1.24. The van der Waals surface area contributed by atoms with E-state index < -0.39 is 10.7 Å². The molecular formula is C16H13ClFN5O2. The van der Waals surface area contributed by atoms with E-state index in [0.717, 1.165) is 5.69 Å². The quantitative estimate of drug-likeness (QED) is 0.662. The summed E-state index contributed by atoms with van der Waals surface area (Å²) in [7, 11) is 0. The molecule has 0 spiro atoms. The summed E-state index contributed by atoms with van der Waals surface area (Å²) >= 11 is 5.81. The lowest BCUT2D eigenvalue weighted by atomic mass is 10.2. The molecule has 1 N–H and O–H groups in total. The molecule has 1 fully saturated rings. The minimum Gasteiger partial charge on any atom is -0.369 e. The lowest BCUT2D eigenvalue weighted by Gasteiger charge is -2.19. The average molecular weight is 362 g/mol. The molecule has 9 heteroatoms. The Labute approximate surface area is 147 Å². The number of pyridine rings is 1. The maximum atomic E-state index is 13.3. The van der Waals surface area contributed by atoms with Crippen molar-refractivity contribution < 1.29 is 9.31 Å². The number of rotatable bonds is 4. The van der Waals surface area contributed by atoms with E-state index in [2.05, 4.69) is 10.3 Å². The van der Waals surface area contributed by atoms with Gasteiger partial charge in [0.1, 0.15) is 17.4 Å². The highest BCUT2D eigenvalue weighted by Gasteiger charge is 2.28. The summed E-state index contributed by atoms with van der Waals surface area (Å²) < 4.78 is 13.3. The highest BCUT2D eigenvalue weighted by molar-refractivity contribution is 6.31. The summed E-state index contributed by atoms with van der Waals surface area (Å²) in [5.74, 6) is -0.402. The molecule has 3 rings (SSSR count). The predicted octanol–water partition coefficient (Wildman–Crippen LogP) is 3.34. The zero-order chi connectivity index (χ0) is 18.0. The van der Waals surface area contributed by atoms with Crippen LogP contribution in [0, 0.1) is 27.3 Å². The molecule has 7 nitrogen and oxygen atoms in total. The number of nitro groups is 1. The Kier molecular flexibility index (Phi) is 4.67. The van der Waals surface area contributed by atoms with Gasteiger partial charge in [0, 0.05) is 31.0 Å². The summed E-state index contributed by atoms with van der Waals surface area (Å²) in [5, 5.41) is 23.4. The van der Waals surface area contributed by atoms with Gasteiger partial charge in [-0.2, -0.15) is 5.26 Å². The average Bonchev–Trinajstić information content (AvgIpc) is 3.05. The summed E-state index contributed by atoms with van der Waals surface area (Å²) in [6.07, 6.45) is 2.07. The molecule has 0 aliphatic carbocycles. The van der Waals surface area contributed by atoms with Crippen LogP contribution >= 0.6 is 11.6 Å². The second-order valence-corrected chi connectivity index (χ2v) is 6.01. The van der Waals surface area contributed by atoms with Gasteiger partial charge in [0.15, 0.2) is 0 Å². The van der Waals surface area contributed by atoms with E-state index in [1.165, 1.54) is 18.3 Å². The fourth-order valence-electron chi connectivity index (χ4n) is 2.82. The third-order valence-electron chi connectivity index (χ3n) is 4.02. The van der Waals surface area contributed by atoms with Gasteiger partial charge >= 0.3 is 5.69 Å². The third kappa shape index (κ3) is 3.46. The third-order valence-corrected chi connectivity index (χ3v) is 4.31. The molecule has 1 atom stereocenters. The Hall–Kier alpha value is -2.92. The van der Waals surface area contributed by atoms with Crippen molar-refractivity contribution in [2.75, 3.05) is 23.3 Å². The van der Waals surface area contributed by atoms with E-state index >= 15 is 0 Å². The largest absolute Gasteiger partial charge is 0.369 e. The van der Waals surface area contributed by atoms with Crippen LogP contribution in [-0.2, 0) is 0 Å². The summed E-state index contributed by atoms with van der Waals surface area (Å²) in [4.78, 5) is 16.6. The number of hydrogen-bond acceptors (Lipinski definition) is 6. The van der Waals surface area contributed by atoms with E-state index in [0.29, 0.717) is 19.5 Å². The second kappa shape index (κ2) is 6.91. The second-order valence-electron chi connectivity index (χ2n) is 5.60. The van der Waals surface area contributed by atoms with E-state index in [1.807, 2.05) is 4.90 Å². The van der Waals surface area contributed by atoms with Crippen LogP contribution in [0.25, 0.3) is 0 Å². The number of hydrogen-bond donors (Lipinski definition) is 1. The minimum atomic E-state index is -0.611. The molecular weight excluding hydrogens is 349 g/mol. The van der Waals surface area contributed by atoms with Crippen LogP contribution in [0.2, 0.25) is 5.02 Å². The smallest absolute Gasteiger partial charge is 0.328 e. The zero-order valence-electron chi connectivity index (χ0n) is 12.9. The van der Waals surface area contributed by atoms with Crippen LogP contribution in [-0.4, -0.2) is 29.0 Å². The highest BCUT2D eigenvalue weighted by Crippen LogP contribution is 2.30. The summed E-state index contributed by atoms with van der Waals surface area (Å²) in [5.41, 5.74) is 0.417. The van der Waals surface area contributed by atoms with Gasteiger partial charge < -0.3 is 10.2 Å². The SMILES string of the molecule is N#Cc1ccnc(NC2CCN(c3ccc(F)c(Cl)c3)C2)c1[N+](=O)[O-]. The maximum Gasteiger partial charge on any atom is 0.328 e. The van der Waals surface area contributed by atoms with Gasteiger partial charge in [0.2, 0.25) is 5.82 Å². The van der Waals surface area contributed by atoms with Gasteiger partial charge in [-0.15, -0.1) is 0 Å². The van der Waals surface area contributed by atoms with Crippen molar-refractivity contribution in [3.05, 3.63) is 57.0 Å². The van der Waals surface area contributed by atoms with Gasteiger partial charge in [-0.1, -0.05) is 11.6 Å². The van der Waals surface area contributed by atoms with Crippen molar-refractivity contribution in [1.29, 1.82) is 5.26 Å². The molecule has 0 saturated carbocycles. The van der Waals surface area contributed by atoms with Crippen LogP contribution in [0.5, 0.6) is 0 Å². The molecule has 1 unspecified atom stereocenters. The number of aromatic nitrogens is 1. The fourth-order valence-corrected chi connectivity index (χ4v) is 3.00.